The molecule has 0 radical (unpaired) electrons. The topological polar surface area (TPSA) is 119 Å². The van der Waals surface area contributed by atoms with Crippen molar-refractivity contribution in [2.24, 2.45) is 0 Å². The van der Waals surface area contributed by atoms with Crippen LogP contribution >= 0.6 is 11.3 Å². The zero-order valence-electron chi connectivity index (χ0n) is 16.3. The summed E-state index contributed by atoms with van der Waals surface area (Å²) in [5, 5.41) is 21.0. The van der Waals surface area contributed by atoms with Crippen molar-refractivity contribution in [2.75, 3.05) is 16.4 Å². The number of hydrogen-bond donors (Lipinski definition) is 3. The molecule has 8 nitrogen and oxygen atoms in total. The molecule has 1 amide bonds. The molecule has 0 aliphatic carbocycles. The second kappa shape index (κ2) is 10.2. The van der Waals surface area contributed by atoms with Crippen LogP contribution in [0.4, 0.5) is 29.8 Å². The molecule has 4 N–H and O–H groups in total. The van der Waals surface area contributed by atoms with Gasteiger partial charge in [-0.2, -0.15) is 18.3 Å². The van der Waals surface area contributed by atoms with E-state index in [9.17, 15) is 18.0 Å². The zero-order chi connectivity index (χ0) is 22.3. The average molecular weight is 451 g/mol. The van der Waals surface area contributed by atoms with Crippen molar-refractivity contribution in [2.45, 2.75) is 38.4 Å². The molecule has 2 aromatic heterocycles. The first-order valence-electron chi connectivity index (χ1n) is 9.41. The van der Waals surface area contributed by atoms with Crippen LogP contribution in [0.5, 0.6) is 0 Å². The van der Waals surface area contributed by atoms with Gasteiger partial charge in [0.2, 0.25) is 11.0 Å². The number of nitrogens with one attached hydrogen (secondary N) is 2. The Morgan fingerprint density at radius 3 is 2.58 bits per heavy atom. The van der Waals surface area contributed by atoms with Crippen LogP contribution in [0.15, 0.2) is 36.4 Å². The molecule has 164 valence electrons. The highest BCUT2D eigenvalue weighted by Gasteiger charge is 2.27. The molecular weight excluding hydrogens is 431 g/mol. The van der Waals surface area contributed by atoms with Crippen LogP contribution in [0.2, 0.25) is 0 Å². The number of carbonyl (C=O) groups excluding carboxylic acids is 1. The summed E-state index contributed by atoms with van der Waals surface area (Å²) in [4.78, 5) is 12.2. The van der Waals surface area contributed by atoms with Crippen LogP contribution in [0.25, 0.3) is 0 Å². The monoisotopic (exact) mass is 451 g/mol. The Balaban J connectivity index is 1.43. The fourth-order valence-corrected chi connectivity index (χ4v) is 3.56. The molecule has 0 fully saturated rings. The van der Waals surface area contributed by atoms with E-state index in [-0.39, 0.29) is 18.0 Å². The summed E-state index contributed by atoms with van der Waals surface area (Å²) < 4.78 is 37.3. The Morgan fingerprint density at radius 2 is 1.84 bits per heavy atom. The quantitative estimate of drug-likeness (QED) is 0.336. The van der Waals surface area contributed by atoms with Crippen molar-refractivity contribution in [3.63, 3.8) is 0 Å². The fourth-order valence-electron chi connectivity index (χ4n) is 2.76. The smallest absolute Gasteiger partial charge is 0.382 e. The van der Waals surface area contributed by atoms with Gasteiger partial charge in [-0.1, -0.05) is 23.5 Å². The van der Waals surface area contributed by atoms with Crippen molar-refractivity contribution in [3.8, 4) is 0 Å². The molecule has 3 rings (SSSR count). The minimum absolute atomic E-state index is 0.0785. The van der Waals surface area contributed by atoms with E-state index in [1.54, 1.807) is 12.1 Å². The van der Waals surface area contributed by atoms with Gasteiger partial charge in [0.05, 0.1) is 12.1 Å². The molecule has 3 aromatic rings. The number of nitrogens with two attached hydrogens (primary N) is 1. The molecule has 0 saturated heterocycles. The van der Waals surface area contributed by atoms with Gasteiger partial charge in [-0.15, -0.1) is 15.3 Å². The first-order valence-corrected chi connectivity index (χ1v) is 10.2. The van der Waals surface area contributed by atoms with Crippen molar-refractivity contribution < 1.29 is 18.0 Å². The lowest BCUT2D eigenvalue weighted by Gasteiger charge is -2.10. The molecule has 0 atom stereocenters. The van der Waals surface area contributed by atoms with Crippen LogP contribution in [-0.4, -0.2) is 32.6 Å². The Hall–Kier alpha value is -3.28. The number of aromatic nitrogens is 4. The molecule has 0 aliphatic rings. The van der Waals surface area contributed by atoms with Crippen molar-refractivity contribution in [1.29, 1.82) is 0 Å². The van der Waals surface area contributed by atoms with Gasteiger partial charge in [-0.3, -0.25) is 10.1 Å². The minimum Gasteiger partial charge on any atom is -0.382 e. The minimum atomic E-state index is -4.54. The average Bonchev–Trinajstić information content (AvgIpc) is 3.12. The van der Waals surface area contributed by atoms with E-state index in [2.05, 4.69) is 25.7 Å². The van der Waals surface area contributed by atoms with E-state index in [4.69, 9.17) is 5.73 Å². The number of benzene rings is 1. The summed E-state index contributed by atoms with van der Waals surface area (Å²) in [6.45, 7) is 0. The third-order valence-corrected chi connectivity index (χ3v) is 5.00. The molecule has 1 aromatic carbocycles. The van der Waals surface area contributed by atoms with Gasteiger partial charge < -0.3 is 11.1 Å². The standard InChI is InChI=1S/C19H20F3N7OS/c20-19(21,22)25-14-6-3-4-12(10-14)11-16(30)24-18-29-28-17(31-18)7-2-1-5-13-8-9-15(23)27-26-13/h3-4,6,8-10,25H,1-2,5,7,11H2,(H2,23,27)(H,24,29,30). The van der Waals surface area contributed by atoms with Crippen LogP contribution < -0.4 is 16.4 Å². The molecular formula is C19H20F3N7OS. The summed E-state index contributed by atoms with van der Waals surface area (Å²) in [6, 6.07) is 9.16. The number of unbranched alkanes of at least 4 members (excludes halogenated alkanes) is 1. The van der Waals surface area contributed by atoms with E-state index in [0.29, 0.717) is 22.9 Å². The number of anilines is 3. The lowest BCUT2D eigenvalue weighted by atomic mass is 10.1. The van der Waals surface area contributed by atoms with Gasteiger partial charge in [-0.05, 0) is 49.1 Å². The number of halogens is 3. The molecule has 0 bridgehead atoms. The molecule has 2 heterocycles. The lowest BCUT2D eigenvalue weighted by molar-refractivity contribution is -0.115. The highest BCUT2D eigenvalue weighted by Crippen LogP contribution is 2.21. The number of nitrogens with zero attached hydrogens (tertiary/aromatic N) is 4. The zero-order valence-corrected chi connectivity index (χ0v) is 17.1. The molecule has 31 heavy (non-hydrogen) atoms. The SMILES string of the molecule is Nc1ccc(CCCCc2nnc(NC(=O)Cc3cccc(NC(F)(F)F)c3)s2)nn1. The molecule has 0 saturated carbocycles. The predicted octanol–water partition coefficient (Wildman–Crippen LogP) is 3.59. The predicted molar refractivity (Wildman–Crippen MR) is 111 cm³/mol. The second-order valence-electron chi connectivity index (χ2n) is 6.71. The molecule has 0 aliphatic heterocycles. The fraction of sp³-hybridized carbons (Fsp3) is 0.316. The largest absolute Gasteiger partial charge is 0.482 e. The van der Waals surface area contributed by atoms with Crippen LogP contribution in [-0.2, 0) is 24.1 Å². The van der Waals surface area contributed by atoms with Crippen LogP contribution in [0.3, 0.4) is 0 Å². The number of rotatable bonds is 9. The summed E-state index contributed by atoms with van der Waals surface area (Å²) in [6.07, 6.45) is -1.37. The number of nitrogen functional groups attached to an aromatic ring is 1. The Morgan fingerprint density at radius 1 is 1.03 bits per heavy atom. The Labute approximate surface area is 180 Å². The Bertz CT molecular complexity index is 1010. The highest BCUT2D eigenvalue weighted by molar-refractivity contribution is 7.15. The highest BCUT2D eigenvalue weighted by atomic mass is 32.1. The number of alkyl halides is 3. The van der Waals surface area contributed by atoms with Gasteiger partial charge in [0, 0.05) is 12.1 Å². The number of amides is 1. The molecule has 12 heteroatoms. The maximum absolute atomic E-state index is 12.4. The third-order valence-electron chi connectivity index (χ3n) is 4.10. The van der Waals surface area contributed by atoms with Gasteiger partial charge in [0.1, 0.15) is 10.8 Å². The van der Waals surface area contributed by atoms with Crippen LogP contribution in [0, 0.1) is 0 Å². The van der Waals surface area contributed by atoms with Gasteiger partial charge >= 0.3 is 6.30 Å². The molecule has 0 unspecified atom stereocenters. The van der Waals surface area contributed by atoms with Crippen molar-refractivity contribution in [3.05, 3.63) is 52.7 Å². The normalized spacial score (nSPS) is 11.3. The van der Waals surface area contributed by atoms with Gasteiger partial charge in [-0.25, -0.2) is 0 Å². The van der Waals surface area contributed by atoms with Crippen molar-refractivity contribution >= 4 is 33.9 Å². The Kier molecular flexibility index (Phi) is 7.34. The van der Waals surface area contributed by atoms with E-state index in [0.717, 1.165) is 30.0 Å². The number of hydrogen-bond acceptors (Lipinski definition) is 8. The van der Waals surface area contributed by atoms with Crippen LogP contribution in [0.1, 0.15) is 29.1 Å². The summed E-state index contributed by atoms with van der Waals surface area (Å²) in [5.41, 5.74) is 6.70. The third kappa shape index (κ3) is 7.81. The first-order chi connectivity index (χ1) is 14.8. The maximum Gasteiger partial charge on any atom is 0.482 e. The summed E-state index contributed by atoms with van der Waals surface area (Å²) in [7, 11) is 0. The maximum atomic E-state index is 12.4. The van der Waals surface area contributed by atoms with E-state index in [1.165, 1.54) is 34.9 Å². The summed E-state index contributed by atoms with van der Waals surface area (Å²) >= 11 is 1.27. The van der Waals surface area contributed by atoms with E-state index < -0.39 is 6.30 Å². The number of carbonyl (C=O) groups is 1. The first kappa shape index (κ1) is 22.4. The number of aryl methyl sites for hydroxylation is 2. The summed E-state index contributed by atoms with van der Waals surface area (Å²) in [5.74, 6) is 0.00616. The van der Waals surface area contributed by atoms with Gasteiger partial charge in [0.25, 0.3) is 0 Å². The second-order valence-corrected chi connectivity index (χ2v) is 7.77. The lowest BCUT2D eigenvalue weighted by Crippen LogP contribution is -2.21. The molecule has 0 spiro atoms. The van der Waals surface area contributed by atoms with E-state index >= 15 is 0 Å². The van der Waals surface area contributed by atoms with Gasteiger partial charge in [0.15, 0.2) is 0 Å². The van der Waals surface area contributed by atoms with E-state index in [1.807, 2.05) is 6.07 Å². The van der Waals surface area contributed by atoms with Crippen molar-refractivity contribution in [1.82, 2.24) is 20.4 Å².